The van der Waals surface area contributed by atoms with Crippen LogP contribution in [0.4, 0.5) is 5.69 Å². The van der Waals surface area contributed by atoms with E-state index < -0.39 is 0 Å². The molecule has 2 amide bonds. The van der Waals surface area contributed by atoms with E-state index in [2.05, 4.69) is 0 Å². The van der Waals surface area contributed by atoms with Crippen molar-refractivity contribution >= 4 is 17.5 Å². The first-order valence-electron chi connectivity index (χ1n) is 6.73. The average molecular weight is 260 g/mol. The van der Waals surface area contributed by atoms with Gasteiger partial charge in [-0.25, -0.2) is 0 Å². The van der Waals surface area contributed by atoms with Gasteiger partial charge in [0.2, 0.25) is 11.8 Å². The van der Waals surface area contributed by atoms with Gasteiger partial charge in [-0.1, -0.05) is 26.0 Å². The van der Waals surface area contributed by atoms with Crippen molar-refractivity contribution in [3.63, 3.8) is 0 Å². The number of hydrogen-bond acceptors (Lipinski definition) is 3. The quantitative estimate of drug-likeness (QED) is 0.838. The number of aryl methyl sites for hydroxylation is 1. The molecule has 19 heavy (non-hydrogen) atoms. The van der Waals surface area contributed by atoms with Crippen LogP contribution < -0.4 is 10.6 Å². The molecule has 102 valence electrons. The lowest BCUT2D eigenvalue weighted by Crippen LogP contribution is -2.30. The minimum atomic E-state index is -0.236. The lowest BCUT2D eigenvalue weighted by atomic mass is 10.00. The van der Waals surface area contributed by atoms with Gasteiger partial charge in [-0.15, -0.1) is 0 Å². The molecule has 1 aromatic carbocycles. The summed E-state index contributed by atoms with van der Waals surface area (Å²) in [5.74, 6) is -0.678. The standard InChI is InChI=1S/C15H20N2O2/c1-10-11(2)15(19)17(14(10)18)13-7-3-5-12(9-13)6-4-8-16/h3,5,7,9-11H,4,6,8,16H2,1-2H3. The average Bonchev–Trinajstić information content (AvgIpc) is 2.61. The van der Waals surface area contributed by atoms with Crippen LogP contribution in [0.3, 0.4) is 0 Å². The Balaban J connectivity index is 2.27. The zero-order valence-electron chi connectivity index (χ0n) is 11.4. The molecule has 2 N–H and O–H groups in total. The van der Waals surface area contributed by atoms with E-state index in [4.69, 9.17) is 5.73 Å². The van der Waals surface area contributed by atoms with Crippen LogP contribution in [0, 0.1) is 11.8 Å². The number of nitrogens with two attached hydrogens (primary N) is 1. The number of hydrogen-bond donors (Lipinski definition) is 1. The van der Waals surface area contributed by atoms with Crippen molar-refractivity contribution in [1.29, 1.82) is 0 Å². The van der Waals surface area contributed by atoms with E-state index in [0.717, 1.165) is 18.4 Å². The van der Waals surface area contributed by atoms with Crippen LogP contribution in [-0.4, -0.2) is 18.4 Å². The zero-order valence-corrected chi connectivity index (χ0v) is 11.4. The highest BCUT2D eigenvalue weighted by Crippen LogP contribution is 2.30. The van der Waals surface area contributed by atoms with Crippen molar-refractivity contribution in [1.82, 2.24) is 0 Å². The van der Waals surface area contributed by atoms with Gasteiger partial charge in [0.05, 0.1) is 5.69 Å². The number of amides is 2. The minimum absolute atomic E-state index is 0.103. The molecule has 0 aromatic heterocycles. The monoisotopic (exact) mass is 260 g/mol. The third kappa shape index (κ3) is 2.54. The molecule has 1 fully saturated rings. The summed E-state index contributed by atoms with van der Waals surface area (Å²) in [6.45, 7) is 4.26. The summed E-state index contributed by atoms with van der Waals surface area (Å²) >= 11 is 0. The second kappa shape index (κ2) is 5.53. The van der Waals surface area contributed by atoms with Gasteiger partial charge in [-0.05, 0) is 37.1 Å². The van der Waals surface area contributed by atoms with E-state index in [1.165, 1.54) is 4.90 Å². The molecule has 4 heteroatoms. The molecular formula is C15H20N2O2. The Kier molecular flexibility index (Phi) is 4.00. The molecule has 0 saturated carbocycles. The predicted molar refractivity (Wildman–Crippen MR) is 74.6 cm³/mol. The molecule has 2 unspecified atom stereocenters. The first kappa shape index (κ1) is 13.7. The van der Waals surface area contributed by atoms with Crippen LogP contribution in [0.15, 0.2) is 24.3 Å². The Morgan fingerprint density at radius 1 is 1.16 bits per heavy atom. The highest BCUT2D eigenvalue weighted by atomic mass is 16.2. The second-order valence-electron chi connectivity index (χ2n) is 5.15. The number of imide groups is 1. The summed E-state index contributed by atoms with van der Waals surface area (Å²) < 4.78 is 0. The number of carbonyl (C=O) groups is 2. The van der Waals surface area contributed by atoms with E-state index in [1.54, 1.807) is 0 Å². The van der Waals surface area contributed by atoms with Crippen molar-refractivity contribution in [2.24, 2.45) is 17.6 Å². The highest BCUT2D eigenvalue weighted by molar-refractivity contribution is 6.21. The number of nitrogens with zero attached hydrogens (tertiary/aromatic N) is 1. The molecule has 2 atom stereocenters. The molecule has 0 bridgehead atoms. The Morgan fingerprint density at radius 2 is 1.79 bits per heavy atom. The van der Waals surface area contributed by atoms with E-state index in [1.807, 2.05) is 38.1 Å². The summed E-state index contributed by atoms with van der Waals surface area (Å²) in [5.41, 5.74) is 7.29. The van der Waals surface area contributed by atoms with Gasteiger partial charge < -0.3 is 5.73 Å². The van der Waals surface area contributed by atoms with Gasteiger partial charge in [0.25, 0.3) is 0 Å². The third-order valence-electron chi connectivity index (χ3n) is 3.81. The van der Waals surface area contributed by atoms with Crippen LogP contribution in [0.1, 0.15) is 25.8 Å². The maximum absolute atomic E-state index is 12.1. The van der Waals surface area contributed by atoms with E-state index in [-0.39, 0.29) is 23.7 Å². The topological polar surface area (TPSA) is 63.4 Å². The van der Waals surface area contributed by atoms with E-state index in [0.29, 0.717) is 12.2 Å². The van der Waals surface area contributed by atoms with Gasteiger partial charge in [0.1, 0.15) is 0 Å². The lowest BCUT2D eigenvalue weighted by molar-refractivity contribution is -0.122. The fourth-order valence-corrected chi connectivity index (χ4v) is 2.36. The normalized spacial score (nSPS) is 23.2. The van der Waals surface area contributed by atoms with Gasteiger partial charge in [0, 0.05) is 11.8 Å². The molecule has 1 aliphatic heterocycles. The van der Waals surface area contributed by atoms with Crippen molar-refractivity contribution in [3.8, 4) is 0 Å². The number of carbonyl (C=O) groups excluding carboxylic acids is 2. The maximum Gasteiger partial charge on any atom is 0.237 e. The molecule has 0 radical (unpaired) electrons. The van der Waals surface area contributed by atoms with Crippen molar-refractivity contribution in [2.75, 3.05) is 11.4 Å². The van der Waals surface area contributed by atoms with Crippen LogP contribution in [-0.2, 0) is 16.0 Å². The lowest BCUT2D eigenvalue weighted by Gasteiger charge is -2.15. The fourth-order valence-electron chi connectivity index (χ4n) is 2.36. The molecule has 2 rings (SSSR count). The van der Waals surface area contributed by atoms with Crippen LogP contribution in [0.2, 0.25) is 0 Å². The molecule has 1 aromatic rings. The Morgan fingerprint density at radius 3 is 2.37 bits per heavy atom. The predicted octanol–water partition coefficient (Wildman–Crippen LogP) is 1.72. The molecule has 4 nitrogen and oxygen atoms in total. The summed E-state index contributed by atoms with van der Waals surface area (Å²) in [6.07, 6.45) is 1.77. The molecule has 0 aliphatic carbocycles. The van der Waals surface area contributed by atoms with E-state index >= 15 is 0 Å². The minimum Gasteiger partial charge on any atom is -0.330 e. The van der Waals surface area contributed by atoms with Crippen LogP contribution in [0.25, 0.3) is 0 Å². The number of benzene rings is 1. The Bertz CT molecular complexity index is 479. The third-order valence-corrected chi connectivity index (χ3v) is 3.81. The smallest absolute Gasteiger partial charge is 0.237 e. The van der Waals surface area contributed by atoms with Gasteiger partial charge in [0.15, 0.2) is 0 Å². The summed E-state index contributed by atoms with van der Waals surface area (Å²) in [6, 6.07) is 7.61. The summed E-state index contributed by atoms with van der Waals surface area (Å²) in [5, 5.41) is 0. The molecule has 0 spiro atoms. The molecule has 1 aliphatic rings. The first-order chi connectivity index (χ1) is 9.06. The highest BCUT2D eigenvalue weighted by Gasteiger charge is 2.42. The maximum atomic E-state index is 12.1. The van der Waals surface area contributed by atoms with Gasteiger partial charge in [-0.3, -0.25) is 14.5 Å². The largest absolute Gasteiger partial charge is 0.330 e. The first-order valence-corrected chi connectivity index (χ1v) is 6.73. The van der Waals surface area contributed by atoms with Gasteiger partial charge >= 0.3 is 0 Å². The summed E-state index contributed by atoms with van der Waals surface area (Å²) in [7, 11) is 0. The number of anilines is 1. The SMILES string of the molecule is CC1C(=O)N(c2cccc(CCCN)c2)C(=O)C1C. The van der Waals surface area contributed by atoms with Crippen molar-refractivity contribution in [2.45, 2.75) is 26.7 Å². The Labute approximate surface area is 113 Å². The fraction of sp³-hybridized carbons (Fsp3) is 0.467. The van der Waals surface area contributed by atoms with Crippen LogP contribution in [0.5, 0.6) is 0 Å². The van der Waals surface area contributed by atoms with Crippen LogP contribution >= 0.6 is 0 Å². The molecular weight excluding hydrogens is 240 g/mol. The second-order valence-corrected chi connectivity index (χ2v) is 5.15. The van der Waals surface area contributed by atoms with Crippen molar-refractivity contribution in [3.05, 3.63) is 29.8 Å². The van der Waals surface area contributed by atoms with E-state index in [9.17, 15) is 9.59 Å². The molecule has 1 heterocycles. The zero-order chi connectivity index (χ0) is 14.0. The van der Waals surface area contributed by atoms with Crippen molar-refractivity contribution < 1.29 is 9.59 Å². The van der Waals surface area contributed by atoms with Gasteiger partial charge in [-0.2, -0.15) is 0 Å². The molecule has 1 saturated heterocycles. The number of rotatable bonds is 4. The Hall–Kier alpha value is -1.68. The summed E-state index contributed by atoms with van der Waals surface area (Å²) in [4.78, 5) is 25.6.